The van der Waals surface area contributed by atoms with Gasteiger partial charge in [0.05, 0.1) is 10.8 Å². The summed E-state index contributed by atoms with van der Waals surface area (Å²) in [5.41, 5.74) is -0.191. The van der Waals surface area contributed by atoms with Crippen LogP contribution in [0.2, 0.25) is 0 Å². The smallest absolute Gasteiger partial charge is 0.230 e. The van der Waals surface area contributed by atoms with Crippen LogP contribution in [0, 0.1) is 18.3 Å². The first-order chi connectivity index (χ1) is 12.6. The Balaban J connectivity index is 1.40. The molecule has 1 unspecified atom stereocenters. The highest BCUT2D eigenvalue weighted by atomic mass is 32.1. The minimum atomic E-state index is -0.191. The predicted molar refractivity (Wildman–Crippen MR) is 105 cm³/mol. The Bertz CT molecular complexity index is 845. The molecule has 1 atom stereocenters. The van der Waals surface area contributed by atoms with Crippen molar-refractivity contribution in [2.24, 2.45) is 11.3 Å². The van der Waals surface area contributed by atoms with Crippen molar-refractivity contribution >= 4 is 33.3 Å². The Morgan fingerprint density at radius 3 is 2.92 bits per heavy atom. The number of fused-ring (bicyclic) bond motifs is 1. The highest BCUT2D eigenvalue weighted by Gasteiger charge is 2.49. The Kier molecular flexibility index (Phi) is 3.92. The second-order valence-electron chi connectivity index (χ2n) is 8.34. The summed E-state index contributed by atoms with van der Waals surface area (Å²) in [5.74, 6) is 3.00. The van der Waals surface area contributed by atoms with E-state index in [1.54, 1.807) is 11.3 Å². The van der Waals surface area contributed by atoms with Gasteiger partial charge in [-0.3, -0.25) is 4.79 Å². The van der Waals surface area contributed by atoms with E-state index in [-0.39, 0.29) is 5.41 Å². The molecule has 1 spiro atoms. The third-order valence-corrected chi connectivity index (χ3v) is 7.40. The number of thiophene rings is 1. The number of aryl methyl sites for hydroxylation is 1. The standard InChI is InChI=1S/C20H26N4OS/c1-14-21-17(16-6-11-26-18(16)22-14)24-10-8-20(13-24)7-3-9-23(19(20)25)12-15-4-2-5-15/h6,11,15H,2-5,7-10,12-13H2,1H3. The third-order valence-electron chi connectivity index (χ3n) is 6.60. The van der Waals surface area contributed by atoms with E-state index in [9.17, 15) is 4.79 Å². The zero-order valence-electron chi connectivity index (χ0n) is 15.4. The lowest BCUT2D eigenvalue weighted by Crippen LogP contribution is -2.51. The summed E-state index contributed by atoms with van der Waals surface area (Å²) in [4.78, 5) is 28.2. The molecular weight excluding hydrogens is 344 g/mol. The molecule has 6 heteroatoms. The fourth-order valence-corrected chi connectivity index (χ4v) is 5.73. The van der Waals surface area contributed by atoms with Gasteiger partial charge >= 0.3 is 0 Å². The molecular formula is C20H26N4OS. The van der Waals surface area contributed by atoms with Gasteiger partial charge in [-0.15, -0.1) is 11.3 Å². The molecule has 0 bridgehead atoms. The first-order valence-electron chi connectivity index (χ1n) is 9.91. The fraction of sp³-hybridized carbons (Fsp3) is 0.650. The van der Waals surface area contributed by atoms with Crippen LogP contribution in [0.25, 0.3) is 10.2 Å². The van der Waals surface area contributed by atoms with Gasteiger partial charge in [0.2, 0.25) is 5.91 Å². The maximum atomic E-state index is 13.4. The minimum Gasteiger partial charge on any atom is -0.355 e. The van der Waals surface area contributed by atoms with Crippen molar-refractivity contribution in [3.05, 3.63) is 17.3 Å². The van der Waals surface area contributed by atoms with Gasteiger partial charge in [-0.1, -0.05) is 6.42 Å². The summed E-state index contributed by atoms with van der Waals surface area (Å²) >= 11 is 1.67. The number of nitrogens with zero attached hydrogens (tertiary/aromatic N) is 4. The third kappa shape index (κ3) is 2.61. The van der Waals surface area contributed by atoms with Gasteiger partial charge in [0.15, 0.2) is 0 Å². The summed E-state index contributed by atoms with van der Waals surface area (Å²) in [5, 5.41) is 3.22. The average molecular weight is 371 g/mol. The van der Waals surface area contributed by atoms with Crippen LogP contribution in [0.1, 0.15) is 44.3 Å². The van der Waals surface area contributed by atoms with E-state index < -0.39 is 0 Å². The molecule has 1 amide bonds. The largest absolute Gasteiger partial charge is 0.355 e. The molecule has 3 fully saturated rings. The van der Waals surface area contributed by atoms with Gasteiger partial charge in [-0.05, 0) is 56.4 Å². The zero-order valence-corrected chi connectivity index (χ0v) is 16.2. The molecule has 4 heterocycles. The lowest BCUT2D eigenvalue weighted by atomic mass is 9.77. The van der Waals surface area contributed by atoms with Crippen molar-refractivity contribution in [1.29, 1.82) is 0 Å². The highest BCUT2D eigenvalue weighted by Crippen LogP contribution is 2.43. The van der Waals surface area contributed by atoms with Crippen molar-refractivity contribution < 1.29 is 4.79 Å². The van der Waals surface area contributed by atoms with Crippen LogP contribution in [-0.2, 0) is 4.79 Å². The maximum Gasteiger partial charge on any atom is 0.230 e. The molecule has 5 rings (SSSR count). The second kappa shape index (κ2) is 6.19. The number of carbonyl (C=O) groups excluding carboxylic acids is 1. The van der Waals surface area contributed by atoms with Crippen LogP contribution < -0.4 is 4.90 Å². The molecule has 5 nitrogen and oxygen atoms in total. The van der Waals surface area contributed by atoms with Crippen molar-refractivity contribution in [2.45, 2.75) is 45.4 Å². The number of carbonyl (C=O) groups is 1. The Hall–Kier alpha value is -1.69. The number of hydrogen-bond donors (Lipinski definition) is 0. The molecule has 2 aromatic heterocycles. The molecule has 2 aliphatic heterocycles. The molecule has 2 saturated heterocycles. The number of piperidine rings is 1. The van der Waals surface area contributed by atoms with E-state index in [4.69, 9.17) is 4.98 Å². The molecule has 0 radical (unpaired) electrons. The van der Waals surface area contributed by atoms with Crippen molar-refractivity contribution in [2.75, 3.05) is 31.1 Å². The molecule has 0 N–H and O–H groups in total. The summed E-state index contributed by atoms with van der Waals surface area (Å²) < 4.78 is 0. The van der Waals surface area contributed by atoms with Gasteiger partial charge in [-0.2, -0.15) is 0 Å². The van der Waals surface area contributed by atoms with E-state index in [1.165, 1.54) is 19.3 Å². The Morgan fingerprint density at radius 2 is 2.12 bits per heavy atom. The second-order valence-corrected chi connectivity index (χ2v) is 9.23. The molecule has 26 heavy (non-hydrogen) atoms. The molecule has 3 aliphatic rings. The fourth-order valence-electron chi connectivity index (χ4n) is 4.93. The first-order valence-corrected chi connectivity index (χ1v) is 10.8. The molecule has 0 aromatic carbocycles. The first kappa shape index (κ1) is 16.5. The molecule has 1 saturated carbocycles. The van der Waals surface area contributed by atoms with Crippen molar-refractivity contribution in [3.63, 3.8) is 0 Å². The van der Waals surface area contributed by atoms with Crippen LogP contribution >= 0.6 is 11.3 Å². The van der Waals surface area contributed by atoms with E-state index >= 15 is 0 Å². The summed E-state index contributed by atoms with van der Waals surface area (Å²) in [6.07, 6.45) is 7.08. The number of rotatable bonds is 3. The number of amides is 1. The Labute approximate surface area is 158 Å². The number of aromatic nitrogens is 2. The minimum absolute atomic E-state index is 0.191. The summed E-state index contributed by atoms with van der Waals surface area (Å²) in [6.45, 7) is 5.64. The van der Waals surface area contributed by atoms with Crippen molar-refractivity contribution in [1.82, 2.24) is 14.9 Å². The predicted octanol–water partition coefficient (Wildman–Crippen LogP) is 3.62. The number of anilines is 1. The van der Waals surface area contributed by atoms with E-state index in [2.05, 4.69) is 26.2 Å². The van der Waals surface area contributed by atoms with Crippen LogP contribution in [0.4, 0.5) is 5.82 Å². The molecule has 2 aromatic rings. The van der Waals surface area contributed by atoms with Gasteiger partial charge in [0.1, 0.15) is 16.5 Å². The quantitative estimate of drug-likeness (QED) is 0.828. The van der Waals surface area contributed by atoms with Crippen LogP contribution in [0.15, 0.2) is 11.4 Å². The van der Waals surface area contributed by atoms with Gasteiger partial charge in [-0.25, -0.2) is 9.97 Å². The average Bonchev–Trinajstić information content (AvgIpc) is 3.21. The maximum absolute atomic E-state index is 13.4. The lowest BCUT2D eigenvalue weighted by Gasteiger charge is -2.42. The van der Waals surface area contributed by atoms with Gasteiger partial charge in [0.25, 0.3) is 0 Å². The van der Waals surface area contributed by atoms with Gasteiger partial charge in [0, 0.05) is 26.2 Å². The van der Waals surface area contributed by atoms with E-state index in [0.29, 0.717) is 5.91 Å². The lowest BCUT2D eigenvalue weighted by molar-refractivity contribution is -0.146. The highest BCUT2D eigenvalue weighted by molar-refractivity contribution is 7.16. The summed E-state index contributed by atoms with van der Waals surface area (Å²) in [7, 11) is 0. The van der Waals surface area contributed by atoms with Crippen LogP contribution in [-0.4, -0.2) is 47.0 Å². The molecule has 1 aliphatic carbocycles. The van der Waals surface area contributed by atoms with Crippen molar-refractivity contribution in [3.8, 4) is 0 Å². The van der Waals surface area contributed by atoms with Gasteiger partial charge < -0.3 is 9.80 Å². The Morgan fingerprint density at radius 1 is 1.23 bits per heavy atom. The monoisotopic (exact) mass is 370 g/mol. The number of hydrogen-bond acceptors (Lipinski definition) is 5. The topological polar surface area (TPSA) is 49.3 Å². The van der Waals surface area contributed by atoms with Crippen LogP contribution in [0.5, 0.6) is 0 Å². The SMILES string of the molecule is Cc1nc(N2CCC3(CCCN(CC4CCC4)C3=O)C2)c2ccsc2n1. The van der Waals surface area contributed by atoms with E-state index in [0.717, 1.165) is 73.2 Å². The number of likely N-dealkylation sites (tertiary alicyclic amines) is 1. The summed E-state index contributed by atoms with van der Waals surface area (Å²) in [6, 6.07) is 2.12. The normalized spacial score (nSPS) is 26.9. The zero-order chi connectivity index (χ0) is 17.7. The molecule has 138 valence electrons. The van der Waals surface area contributed by atoms with E-state index in [1.807, 2.05) is 6.92 Å². The van der Waals surface area contributed by atoms with Crippen LogP contribution in [0.3, 0.4) is 0 Å².